The molecule has 1 heterocycles. The third kappa shape index (κ3) is 3.26. The number of benzene rings is 2. The summed E-state index contributed by atoms with van der Waals surface area (Å²) >= 11 is 0. The summed E-state index contributed by atoms with van der Waals surface area (Å²) in [6.45, 7) is 0.588. The molecule has 0 fully saturated rings. The van der Waals surface area contributed by atoms with Crippen molar-refractivity contribution in [2.45, 2.75) is 12.6 Å². The van der Waals surface area contributed by atoms with Gasteiger partial charge in [0.1, 0.15) is 6.17 Å². The summed E-state index contributed by atoms with van der Waals surface area (Å²) in [5.41, 5.74) is 7.99. The highest BCUT2D eigenvalue weighted by Crippen LogP contribution is 2.20. The normalized spacial score (nSPS) is 16.0. The molecule has 0 radical (unpaired) electrons. The fourth-order valence-corrected chi connectivity index (χ4v) is 2.61. The molecule has 1 aliphatic rings. The molecule has 0 saturated heterocycles. The first-order valence-corrected chi connectivity index (χ1v) is 7.44. The van der Waals surface area contributed by atoms with Crippen molar-refractivity contribution >= 4 is 23.2 Å². The first-order valence-electron chi connectivity index (χ1n) is 7.44. The van der Waals surface area contributed by atoms with Gasteiger partial charge >= 0.3 is 0 Å². The lowest BCUT2D eigenvalue weighted by molar-refractivity contribution is 0.0934. The Hall–Kier alpha value is -3.02. The lowest BCUT2D eigenvalue weighted by atomic mass is 10.1. The molecule has 1 aliphatic heterocycles. The Labute approximate surface area is 134 Å². The molecular weight excluding hydrogens is 292 g/mol. The number of nitrogens with one attached hydrogen (secondary N) is 3. The summed E-state index contributed by atoms with van der Waals surface area (Å²) in [5.74, 6) is -0.548. The minimum Gasteiger partial charge on any atom is -0.384 e. The zero-order valence-electron chi connectivity index (χ0n) is 12.5. The van der Waals surface area contributed by atoms with E-state index in [-0.39, 0.29) is 12.1 Å². The number of para-hydroxylation sites is 2. The summed E-state index contributed by atoms with van der Waals surface area (Å²) < 4.78 is 0. The minimum atomic E-state index is -0.467. The first-order chi connectivity index (χ1) is 11.1. The van der Waals surface area contributed by atoms with Crippen molar-refractivity contribution in [1.82, 2.24) is 5.32 Å². The van der Waals surface area contributed by atoms with Gasteiger partial charge in [-0.05, 0) is 24.3 Å². The van der Waals surface area contributed by atoms with Gasteiger partial charge in [0.05, 0.1) is 11.1 Å². The molecule has 2 amide bonds. The number of carbonyl (C=O) groups excluding carboxylic acids is 2. The Morgan fingerprint density at radius 2 is 1.83 bits per heavy atom. The molecule has 3 rings (SSSR count). The largest absolute Gasteiger partial charge is 0.384 e. The highest BCUT2D eigenvalue weighted by molar-refractivity contribution is 6.01. The molecule has 23 heavy (non-hydrogen) atoms. The molecule has 0 aliphatic carbocycles. The van der Waals surface area contributed by atoms with Gasteiger partial charge in [-0.15, -0.1) is 0 Å². The minimum absolute atomic E-state index is 0.0816. The summed E-state index contributed by atoms with van der Waals surface area (Å²) in [5, 5.41) is 9.39. The number of anilines is 2. The van der Waals surface area contributed by atoms with E-state index in [1.165, 1.54) is 0 Å². The maximum Gasteiger partial charge on any atom is 0.254 e. The monoisotopic (exact) mass is 310 g/mol. The van der Waals surface area contributed by atoms with Crippen LogP contribution < -0.4 is 21.7 Å². The Kier molecular flexibility index (Phi) is 4.14. The second-order valence-electron chi connectivity index (χ2n) is 5.34. The van der Waals surface area contributed by atoms with Gasteiger partial charge in [-0.25, -0.2) is 0 Å². The van der Waals surface area contributed by atoms with Gasteiger partial charge in [0.25, 0.3) is 11.8 Å². The molecule has 0 saturated carbocycles. The van der Waals surface area contributed by atoms with Crippen LogP contribution in [0.15, 0.2) is 48.5 Å². The Bertz CT molecular complexity index is 745. The molecule has 0 aromatic heterocycles. The van der Waals surface area contributed by atoms with E-state index in [0.717, 1.165) is 5.69 Å². The van der Waals surface area contributed by atoms with E-state index in [4.69, 9.17) is 5.73 Å². The van der Waals surface area contributed by atoms with E-state index >= 15 is 0 Å². The Morgan fingerprint density at radius 3 is 2.65 bits per heavy atom. The first kappa shape index (κ1) is 14.9. The van der Waals surface area contributed by atoms with Crippen LogP contribution in [0.5, 0.6) is 0 Å². The van der Waals surface area contributed by atoms with Crippen molar-refractivity contribution in [1.29, 1.82) is 0 Å². The van der Waals surface area contributed by atoms with Gasteiger partial charge in [0.2, 0.25) is 0 Å². The van der Waals surface area contributed by atoms with Crippen molar-refractivity contribution < 1.29 is 9.59 Å². The average Bonchev–Trinajstić information content (AvgIpc) is 2.55. The predicted octanol–water partition coefficient (Wildman–Crippen LogP) is 1.77. The molecule has 1 atom stereocenters. The molecule has 118 valence electrons. The molecular formula is C17H18N4O2. The van der Waals surface area contributed by atoms with E-state index < -0.39 is 5.91 Å². The van der Waals surface area contributed by atoms with Gasteiger partial charge in [-0.3, -0.25) is 9.59 Å². The molecule has 6 nitrogen and oxygen atoms in total. The number of carbonyl (C=O) groups is 2. The van der Waals surface area contributed by atoms with Crippen LogP contribution in [0.25, 0.3) is 0 Å². The van der Waals surface area contributed by atoms with Crippen LogP contribution in [-0.4, -0.2) is 24.5 Å². The van der Waals surface area contributed by atoms with Gasteiger partial charge in [-0.2, -0.15) is 0 Å². The van der Waals surface area contributed by atoms with Crippen LogP contribution in [0.2, 0.25) is 0 Å². The standard InChI is InChI=1S/C17H18N4O2/c18-16(22)11-5-1-3-7-13(11)19-10-9-15-20-14-8-4-2-6-12(14)17(23)21-15/h1-8,15,19-20H,9-10H2,(H2,18,22)(H,21,23). The van der Waals surface area contributed by atoms with Crippen LogP contribution in [0.3, 0.4) is 0 Å². The Morgan fingerprint density at radius 1 is 1.09 bits per heavy atom. The van der Waals surface area contributed by atoms with Crippen LogP contribution in [0.1, 0.15) is 27.1 Å². The SMILES string of the molecule is NC(=O)c1ccccc1NCCC1NC(=O)c2ccccc2N1. The van der Waals surface area contributed by atoms with Crippen LogP contribution in [0, 0.1) is 0 Å². The van der Waals surface area contributed by atoms with Crippen LogP contribution in [-0.2, 0) is 0 Å². The second kappa shape index (κ2) is 6.39. The van der Waals surface area contributed by atoms with Gasteiger partial charge < -0.3 is 21.7 Å². The third-order valence-corrected chi connectivity index (χ3v) is 3.75. The van der Waals surface area contributed by atoms with Gasteiger partial charge in [-0.1, -0.05) is 24.3 Å². The number of amides is 2. The van der Waals surface area contributed by atoms with Gasteiger partial charge in [0, 0.05) is 24.3 Å². The fourth-order valence-electron chi connectivity index (χ4n) is 2.61. The van der Waals surface area contributed by atoms with Gasteiger partial charge in [0.15, 0.2) is 0 Å². The number of hydrogen-bond acceptors (Lipinski definition) is 4. The molecule has 0 bridgehead atoms. The highest BCUT2D eigenvalue weighted by Gasteiger charge is 2.22. The van der Waals surface area contributed by atoms with Crippen molar-refractivity contribution in [3.05, 3.63) is 59.7 Å². The van der Waals surface area contributed by atoms with Crippen molar-refractivity contribution in [3.8, 4) is 0 Å². The molecule has 6 heteroatoms. The molecule has 5 N–H and O–H groups in total. The average molecular weight is 310 g/mol. The van der Waals surface area contributed by atoms with Crippen molar-refractivity contribution in [2.24, 2.45) is 5.73 Å². The van der Waals surface area contributed by atoms with E-state index in [2.05, 4.69) is 16.0 Å². The number of hydrogen-bond donors (Lipinski definition) is 4. The zero-order valence-corrected chi connectivity index (χ0v) is 12.5. The molecule has 0 spiro atoms. The zero-order chi connectivity index (χ0) is 16.2. The summed E-state index contributed by atoms with van der Waals surface area (Å²) in [4.78, 5) is 23.4. The smallest absolute Gasteiger partial charge is 0.254 e. The van der Waals surface area contributed by atoms with E-state index in [1.807, 2.05) is 30.3 Å². The number of fused-ring (bicyclic) bond motifs is 1. The Balaban J connectivity index is 1.60. The predicted molar refractivity (Wildman–Crippen MR) is 89.4 cm³/mol. The van der Waals surface area contributed by atoms with E-state index in [0.29, 0.717) is 29.8 Å². The van der Waals surface area contributed by atoms with E-state index in [9.17, 15) is 9.59 Å². The van der Waals surface area contributed by atoms with Crippen LogP contribution >= 0.6 is 0 Å². The molecule has 1 unspecified atom stereocenters. The lowest BCUT2D eigenvalue weighted by Gasteiger charge is -2.28. The number of rotatable bonds is 5. The fraction of sp³-hybridized carbons (Fsp3) is 0.176. The lowest BCUT2D eigenvalue weighted by Crippen LogP contribution is -2.45. The topological polar surface area (TPSA) is 96.2 Å². The summed E-state index contributed by atoms with van der Waals surface area (Å²) in [7, 11) is 0. The molecule has 2 aromatic carbocycles. The second-order valence-corrected chi connectivity index (χ2v) is 5.34. The quantitative estimate of drug-likeness (QED) is 0.677. The molecule has 2 aromatic rings. The third-order valence-electron chi connectivity index (χ3n) is 3.75. The van der Waals surface area contributed by atoms with Crippen LogP contribution in [0.4, 0.5) is 11.4 Å². The summed E-state index contributed by atoms with van der Waals surface area (Å²) in [6.07, 6.45) is 0.498. The number of nitrogens with two attached hydrogens (primary N) is 1. The van der Waals surface area contributed by atoms with Crippen molar-refractivity contribution in [2.75, 3.05) is 17.2 Å². The van der Waals surface area contributed by atoms with E-state index in [1.54, 1.807) is 18.2 Å². The highest BCUT2D eigenvalue weighted by atomic mass is 16.2. The number of primary amides is 1. The maximum absolute atomic E-state index is 12.0. The summed E-state index contributed by atoms with van der Waals surface area (Å²) in [6, 6.07) is 14.5. The maximum atomic E-state index is 12.0. The van der Waals surface area contributed by atoms with Crippen molar-refractivity contribution in [3.63, 3.8) is 0 Å².